The van der Waals surface area contributed by atoms with E-state index in [-0.39, 0.29) is 31.3 Å². The number of ether oxygens (including phenoxy) is 2. The van der Waals surface area contributed by atoms with Crippen LogP contribution in [0.3, 0.4) is 0 Å². The summed E-state index contributed by atoms with van der Waals surface area (Å²) in [5.74, 6) is -0.707. The second kappa shape index (κ2) is 6.88. The normalized spacial score (nSPS) is 17.5. The summed E-state index contributed by atoms with van der Waals surface area (Å²) < 4.78 is 9.49. The third-order valence-electron chi connectivity index (χ3n) is 3.33. The fourth-order valence-electron chi connectivity index (χ4n) is 2.22. The summed E-state index contributed by atoms with van der Waals surface area (Å²) in [5, 5.41) is 0. The lowest BCUT2D eigenvalue weighted by atomic mass is 10.1. The van der Waals surface area contributed by atoms with Gasteiger partial charge < -0.3 is 9.47 Å². The molecule has 0 spiro atoms. The highest BCUT2D eigenvalue weighted by Gasteiger charge is 2.38. The highest BCUT2D eigenvalue weighted by Crippen LogP contribution is 2.28. The Kier molecular flexibility index (Phi) is 4.92. The van der Waals surface area contributed by atoms with Gasteiger partial charge in [-0.25, -0.2) is 9.69 Å². The molecule has 0 bridgehead atoms. The van der Waals surface area contributed by atoms with Crippen LogP contribution in [-0.4, -0.2) is 36.6 Å². The number of hydrogen-bond donors (Lipinski definition) is 0. The molecule has 0 aliphatic carbocycles. The van der Waals surface area contributed by atoms with E-state index in [1.54, 1.807) is 0 Å². The van der Waals surface area contributed by atoms with Gasteiger partial charge in [0.25, 0.3) is 0 Å². The van der Waals surface area contributed by atoms with Crippen LogP contribution in [-0.2, 0) is 19.1 Å². The summed E-state index contributed by atoms with van der Waals surface area (Å²) in [7, 11) is 1.30. The van der Waals surface area contributed by atoms with Crippen LogP contribution < -0.4 is 0 Å². The Morgan fingerprint density at radius 1 is 1.29 bits per heavy atom. The minimum absolute atomic E-state index is 0.105. The molecule has 1 heterocycles. The van der Waals surface area contributed by atoms with Gasteiger partial charge in [-0.05, 0) is 12.0 Å². The quantitative estimate of drug-likeness (QED) is 0.776. The summed E-state index contributed by atoms with van der Waals surface area (Å²) in [6.45, 7) is 0.158. The maximum atomic E-state index is 12.2. The van der Waals surface area contributed by atoms with Crippen molar-refractivity contribution in [2.45, 2.75) is 25.3 Å². The largest absolute Gasteiger partial charge is 0.469 e. The molecule has 1 atom stereocenters. The molecule has 6 nitrogen and oxygen atoms in total. The van der Waals surface area contributed by atoms with E-state index >= 15 is 0 Å². The molecule has 1 aromatic carbocycles. The van der Waals surface area contributed by atoms with Gasteiger partial charge >= 0.3 is 12.1 Å². The van der Waals surface area contributed by atoms with Gasteiger partial charge in [-0.2, -0.15) is 0 Å². The van der Waals surface area contributed by atoms with Crippen LogP contribution in [0.4, 0.5) is 4.79 Å². The average molecular weight is 291 g/mol. The number of cyclic esters (lactones) is 1. The van der Waals surface area contributed by atoms with Crippen LogP contribution in [0.1, 0.15) is 30.9 Å². The molecule has 21 heavy (non-hydrogen) atoms. The number of hydrogen-bond acceptors (Lipinski definition) is 5. The van der Waals surface area contributed by atoms with E-state index in [2.05, 4.69) is 4.74 Å². The van der Waals surface area contributed by atoms with Crippen LogP contribution in [0, 0.1) is 0 Å². The van der Waals surface area contributed by atoms with Crippen LogP contribution in [0.5, 0.6) is 0 Å². The number of imide groups is 1. The number of methoxy groups -OCH3 is 1. The standard InChI is InChI=1S/C15H17NO5/c1-20-14(18)9-5-8-13(17)16-12(10-21-15(16)19)11-6-3-2-4-7-11/h2-4,6-7,12H,5,8-10H2,1H3. The van der Waals surface area contributed by atoms with E-state index in [1.165, 1.54) is 7.11 Å². The van der Waals surface area contributed by atoms with Crippen LogP contribution in [0.2, 0.25) is 0 Å². The summed E-state index contributed by atoms with van der Waals surface area (Å²) in [5.41, 5.74) is 0.852. The first kappa shape index (κ1) is 15.0. The second-order valence-electron chi connectivity index (χ2n) is 4.70. The zero-order valence-electron chi connectivity index (χ0n) is 11.8. The van der Waals surface area contributed by atoms with Crippen LogP contribution in [0.15, 0.2) is 30.3 Å². The van der Waals surface area contributed by atoms with Crippen molar-refractivity contribution >= 4 is 18.0 Å². The summed E-state index contributed by atoms with van der Waals surface area (Å²) in [6, 6.07) is 8.85. The number of benzene rings is 1. The highest BCUT2D eigenvalue weighted by molar-refractivity contribution is 5.93. The van der Waals surface area contributed by atoms with Crippen molar-refractivity contribution in [3.8, 4) is 0 Å². The van der Waals surface area contributed by atoms with Crippen molar-refractivity contribution in [3.05, 3.63) is 35.9 Å². The van der Waals surface area contributed by atoms with E-state index < -0.39 is 12.1 Å². The number of carbonyl (C=O) groups is 3. The molecular weight excluding hydrogens is 274 g/mol. The van der Waals surface area contributed by atoms with E-state index in [1.807, 2.05) is 30.3 Å². The van der Waals surface area contributed by atoms with Gasteiger partial charge in [0.15, 0.2) is 0 Å². The molecule has 1 saturated heterocycles. The van der Waals surface area contributed by atoms with Crippen molar-refractivity contribution in [2.24, 2.45) is 0 Å². The highest BCUT2D eigenvalue weighted by atomic mass is 16.6. The van der Waals surface area contributed by atoms with Gasteiger partial charge in [0, 0.05) is 12.8 Å². The number of esters is 1. The lowest BCUT2D eigenvalue weighted by molar-refractivity contribution is -0.140. The fourth-order valence-corrected chi connectivity index (χ4v) is 2.22. The summed E-state index contributed by atoms with van der Waals surface area (Å²) >= 11 is 0. The molecule has 1 aliphatic heterocycles. The molecule has 112 valence electrons. The van der Waals surface area contributed by atoms with Crippen molar-refractivity contribution in [2.75, 3.05) is 13.7 Å². The Morgan fingerprint density at radius 3 is 2.67 bits per heavy atom. The Balaban J connectivity index is 2.00. The first-order valence-electron chi connectivity index (χ1n) is 6.74. The first-order valence-corrected chi connectivity index (χ1v) is 6.74. The number of amides is 2. The third kappa shape index (κ3) is 3.59. The third-order valence-corrected chi connectivity index (χ3v) is 3.33. The predicted molar refractivity (Wildman–Crippen MR) is 73.2 cm³/mol. The molecule has 1 aliphatic rings. The van der Waals surface area contributed by atoms with Gasteiger partial charge in [-0.1, -0.05) is 30.3 Å². The lowest BCUT2D eigenvalue weighted by Crippen LogP contribution is -2.34. The second-order valence-corrected chi connectivity index (χ2v) is 4.70. The molecule has 1 unspecified atom stereocenters. The summed E-state index contributed by atoms with van der Waals surface area (Å²) in [6.07, 6.45) is -0.0298. The minimum atomic E-state index is -0.632. The maximum Gasteiger partial charge on any atom is 0.417 e. The Labute approximate surface area is 122 Å². The van der Waals surface area contributed by atoms with E-state index in [4.69, 9.17) is 4.74 Å². The van der Waals surface area contributed by atoms with E-state index in [9.17, 15) is 14.4 Å². The van der Waals surface area contributed by atoms with Gasteiger partial charge in [0.2, 0.25) is 5.91 Å². The van der Waals surface area contributed by atoms with Crippen molar-refractivity contribution in [1.29, 1.82) is 0 Å². The molecule has 2 rings (SSSR count). The number of nitrogens with zero attached hydrogens (tertiary/aromatic N) is 1. The maximum absolute atomic E-state index is 12.2. The average Bonchev–Trinajstić information content (AvgIpc) is 2.89. The molecule has 0 radical (unpaired) electrons. The zero-order chi connectivity index (χ0) is 15.2. The Bertz CT molecular complexity index is 528. The predicted octanol–water partition coefficient (Wildman–Crippen LogP) is 2.05. The molecular formula is C15H17NO5. The van der Waals surface area contributed by atoms with E-state index in [0.29, 0.717) is 6.42 Å². The molecule has 1 fully saturated rings. The fraction of sp³-hybridized carbons (Fsp3) is 0.400. The SMILES string of the molecule is COC(=O)CCCC(=O)N1C(=O)OCC1c1ccccc1. The molecule has 0 saturated carbocycles. The van der Waals surface area contributed by atoms with Crippen LogP contribution in [0.25, 0.3) is 0 Å². The Morgan fingerprint density at radius 2 is 2.00 bits per heavy atom. The van der Waals surface area contributed by atoms with E-state index in [0.717, 1.165) is 10.5 Å². The Hall–Kier alpha value is -2.37. The number of carbonyl (C=O) groups excluding carboxylic acids is 3. The topological polar surface area (TPSA) is 72.9 Å². The van der Waals surface area contributed by atoms with Crippen molar-refractivity contribution < 1.29 is 23.9 Å². The molecule has 1 aromatic rings. The summed E-state index contributed by atoms with van der Waals surface area (Å²) in [4.78, 5) is 36.1. The monoisotopic (exact) mass is 291 g/mol. The lowest BCUT2D eigenvalue weighted by Gasteiger charge is -2.19. The van der Waals surface area contributed by atoms with Gasteiger partial charge in [0.1, 0.15) is 12.6 Å². The van der Waals surface area contributed by atoms with Gasteiger partial charge in [-0.15, -0.1) is 0 Å². The van der Waals surface area contributed by atoms with Crippen molar-refractivity contribution in [1.82, 2.24) is 4.90 Å². The van der Waals surface area contributed by atoms with Gasteiger partial charge in [-0.3, -0.25) is 9.59 Å². The number of rotatable bonds is 5. The zero-order valence-corrected chi connectivity index (χ0v) is 11.8. The molecule has 0 aromatic heterocycles. The smallest absolute Gasteiger partial charge is 0.417 e. The molecule has 6 heteroatoms. The van der Waals surface area contributed by atoms with Gasteiger partial charge in [0.05, 0.1) is 7.11 Å². The molecule has 0 N–H and O–H groups in total. The molecule has 2 amide bonds. The minimum Gasteiger partial charge on any atom is -0.469 e. The van der Waals surface area contributed by atoms with Crippen LogP contribution >= 0.6 is 0 Å². The first-order chi connectivity index (χ1) is 10.1. The van der Waals surface area contributed by atoms with Crippen molar-refractivity contribution in [3.63, 3.8) is 0 Å².